The molecule has 0 aliphatic carbocycles. The van der Waals surface area contributed by atoms with Crippen molar-refractivity contribution in [3.63, 3.8) is 0 Å². The normalized spacial score (nSPS) is 13.8. The first-order chi connectivity index (χ1) is 15.3. The van der Waals surface area contributed by atoms with E-state index in [0.29, 0.717) is 19.6 Å². The van der Waals surface area contributed by atoms with Crippen molar-refractivity contribution in [1.82, 2.24) is 4.90 Å². The van der Waals surface area contributed by atoms with Gasteiger partial charge in [-0.05, 0) is 48.2 Å². The molecule has 32 heavy (non-hydrogen) atoms. The summed E-state index contributed by atoms with van der Waals surface area (Å²) in [7, 11) is -3.70. The van der Waals surface area contributed by atoms with E-state index in [1.807, 2.05) is 60.7 Å². The van der Waals surface area contributed by atoms with Crippen molar-refractivity contribution in [2.24, 2.45) is 5.14 Å². The Morgan fingerprint density at radius 2 is 1.22 bits per heavy atom. The van der Waals surface area contributed by atoms with Crippen LogP contribution in [0, 0.1) is 0 Å². The molecular weight excluding hydrogens is 424 g/mol. The van der Waals surface area contributed by atoms with Gasteiger partial charge in [0.2, 0.25) is 10.0 Å². The van der Waals surface area contributed by atoms with Gasteiger partial charge in [0.25, 0.3) is 0 Å². The minimum Gasteiger partial charge on any atom is -0.387 e. The molecule has 170 valence electrons. The highest BCUT2D eigenvalue weighted by Gasteiger charge is 2.18. The molecule has 7 heteroatoms. The molecule has 6 nitrogen and oxygen atoms in total. The monoisotopic (exact) mass is 454 g/mol. The maximum absolute atomic E-state index is 11.4. The zero-order chi connectivity index (χ0) is 23.0. The lowest BCUT2D eigenvalue weighted by Gasteiger charge is -2.27. The second-order valence-corrected chi connectivity index (χ2v) is 9.47. The Morgan fingerprint density at radius 1 is 0.750 bits per heavy atom. The summed E-state index contributed by atoms with van der Waals surface area (Å²) in [5, 5.41) is 26.6. The van der Waals surface area contributed by atoms with Crippen LogP contribution in [0.4, 0.5) is 0 Å². The molecule has 0 aromatic heterocycles. The largest absolute Gasteiger partial charge is 0.387 e. The number of aliphatic hydroxyl groups is 2. The first-order valence-corrected chi connectivity index (χ1v) is 12.2. The molecule has 0 fully saturated rings. The molecular formula is C25H30N2O4S. The van der Waals surface area contributed by atoms with Crippen molar-refractivity contribution < 1.29 is 18.6 Å². The second-order valence-electron chi connectivity index (χ2n) is 7.91. The van der Waals surface area contributed by atoms with E-state index in [1.54, 1.807) is 12.1 Å². The van der Waals surface area contributed by atoms with Gasteiger partial charge in [0.1, 0.15) is 0 Å². The molecule has 3 aromatic carbocycles. The lowest BCUT2D eigenvalue weighted by atomic mass is 10.1. The smallest absolute Gasteiger partial charge is 0.238 e. The predicted octanol–water partition coefficient (Wildman–Crippen LogP) is 3.04. The molecule has 3 aromatic rings. The van der Waals surface area contributed by atoms with Gasteiger partial charge in [0.15, 0.2) is 0 Å². The van der Waals surface area contributed by atoms with E-state index in [0.717, 1.165) is 29.5 Å². The van der Waals surface area contributed by atoms with Crippen LogP contribution in [0.1, 0.15) is 35.3 Å². The molecule has 2 atom stereocenters. The van der Waals surface area contributed by atoms with E-state index in [-0.39, 0.29) is 4.90 Å². The molecule has 0 amide bonds. The van der Waals surface area contributed by atoms with Crippen LogP contribution in [0.25, 0.3) is 0 Å². The average molecular weight is 455 g/mol. The van der Waals surface area contributed by atoms with Gasteiger partial charge in [-0.15, -0.1) is 0 Å². The molecule has 0 saturated carbocycles. The van der Waals surface area contributed by atoms with Gasteiger partial charge < -0.3 is 10.2 Å². The van der Waals surface area contributed by atoms with Crippen LogP contribution in [0.2, 0.25) is 0 Å². The van der Waals surface area contributed by atoms with Crippen molar-refractivity contribution in [3.8, 4) is 0 Å². The van der Waals surface area contributed by atoms with Crippen LogP contribution in [0.5, 0.6) is 0 Å². The quantitative estimate of drug-likeness (QED) is 0.413. The number of sulfonamides is 1. The lowest BCUT2D eigenvalue weighted by Crippen LogP contribution is -2.34. The summed E-state index contributed by atoms with van der Waals surface area (Å²) in [5.41, 5.74) is 2.68. The van der Waals surface area contributed by atoms with Gasteiger partial charge in [0, 0.05) is 13.1 Å². The van der Waals surface area contributed by atoms with Crippen molar-refractivity contribution in [2.75, 3.05) is 19.6 Å². The number of nitrogens with two attached hydrogens (primary N) is 1. The zero-order valence-electron chi connectivity index (χ0n) is 17.9. The number of rotatable bonds is 11. The van der Waals surface area contributed by atoms with Gasteiger partial charge in [-0.25, -0.2) is 13.6 Å². The van der Waals surface area contributed by atoms with E-state index in [1.165, 1.54) is 12.1 Å². The summed E-state index contributed by atoms with van der Waals surface area (Å²) in [4.78, 5) is 2.16. The Bertz CT molecular complexity index is 1010. The number of hydrogen-bond donors (Lipinski definition) is 3. The number of aliphatic hydroxyl groups excluding tert-OH is 2. The third-order valence-electron chi connectivity index (χ3n) is 5.42. The lowest BCUT2D eigenvalue weighted by molar-refractivity contribution is 0.0682. The Kier molecular flexibility index (Phi) is 8.55. The Morgan fingerprint density at radius 3 is 1.66 bits per heavy atom. The molecule has 0 unspecified atom stereocenters. The highest BCUT2D eigenvalue weighted by atomic mass is 32.2. The van der Waals surface area contributed by atoms with Crippen LogP contribution >= 0.6 is 0 Å². The van der Waals surface area contributed by atoms with E-state index in [2.05, 4.69) is 4.90 Å². The highest BCUT2D eigenvalue weighted by molar-refractivity contribution is 7.89. The molecule has 0 bridgehead atoms. The number of aryl methyl sites for hydroxylation is 1. The summed E-state index contributed by atoms with van der Waals surface area (Å²) in [5.74, 6) is 0. The number of primary sulfonamides is 1. The summed E-state index contributed by atoms with van der Waals surface area (Å²) in [6.07, 6.45) is 0.212. The second kappa shape index (κ2) is 11.4. The highest BCUT2D eigenvalue weighted by Crippen LogP contribution is 2.19. The third-order valence-corrected chi connectivity index (χ3v) is 6.35. The van der Waals surface area contributed by atoms with Crippen LogP contribution < -0.4 is 5.14 Å². The maximum Gasteiger partial charge on any atom is 0.238 e. The predicted molar refractivity (Wildman–Crippen MR) is 125 cm³/mol. The molecule has 3 rings (SSSR count). The summed E-state index contributed by atoms with van der Waals surface area (Å²) in [6.45, 7) is 1.47. The Labute approximate surface area is 190 Å². The molecule has 0 saturated heterocycles. The summed E-state index contributed by atoms with van der Waals surface area (Å²) < 4.78 is 22.8. The topological polar surface area (TPSA) is 104 Å². The minimum atomic E-state index is -3.70. The number of hydrogen-bond acceptors (Lipinski definition) is 5. The maximum atomic E-state index is 11.4. The van der Waals surface area contributed by atoms with E-state index < -0.39 is 22.2 Å². The molecule has 4 N–H and O–H groups in total. The molecule has 0 spiro atoms. The summed E-state index contributed by atoms with van der Waals surface area (Å²) in [6, 6.07) is 25.5. The first kappa shape index (κ1) is 24.1. The Hall–Kier alpha value is -2.55. The van der Waals surface area contributed by atoms with E-state index in [9.17, 15) is 18.6 Å². The van der Waals surface area contributed by atoms with Crippen LogP contribution in [-0.2, 0) is 16.4 Å². The third kappa shape index (κ3) is 7.25. The number of benzene rings is 3. The van der Waals surface area contributed by atoms with E-state index >= 15 is 0 Å². The zero-order valence-corrected chi connectivity index (χ0v) is 18.7. The first-order valence-electron chi connectivity index (χ1n) is 10.6. The van der Waals surface area contributed by atoms with Gasteiger partial charge in [-0.3, -0.25) is 4.90 Å². The van der Waals surface area contributed by atoms with Crippen LogP contribution in [0.3, 0.4) is 0 Å². The molecule has 0 radical (unpaired) electrons. The van der Waals surface area contributed by atoms with Gasteiger partial charge in [0.05, 0.1) is 17.1 Å². The van der Waals surface area contributed by atoms with Crippen molar-refractivity contribution in [1.29, 1.82) is 0 Å². The molecule has 0 heterocycles. The SMILES string of the molecule is NS(=O)(=O)c1ccc(CCCN(C[C@@H](O)c2ccccc2)C[C@@H](O)c2ccccc2)cc1. The van der Waals surface area contributed by atoms with Crippen molar-refractivity contribution >= 4 is 10.0 Å². The van der Waals surface area contributed by atoms with Crippen molar-refractivity contribution in [3.05, 3.63) is 102 Å². The van der Waals surface area contributed by atoms with Crippen LogP contribution in [0.15, 0.2) is 89.8 Å². The molecule has 0 aliphatic heterocycles. The average Bonchev–Trinajstić information content (AvgIpc) is 2.80. The van der Waals surface area contributed by atoms with E-state index in [4.69, 9.17) is 5.14 Å². The minimum absolute atomic E-state index is 0.0971. The standard InChI is InChI=1S/C25H30N2O4S/c26-32(30,31)23-15-13-20(14-16-23)8-7-17-27(18-24(28)21-9-3-1-4-10-21)19-25(29)22-11-5-2-6-12-22/h1-6,9-16,24-25,28-29H,7-8,17-19H2,(H2,26,30,31)/t24-,25-/m1/s1. The van der Waals surface area contributed by atoms with Gasteiger partial charge in [-0.2, -0.15) is 0 Å². The van der Waals surface area contributed by atoms with Crippen molar-refractivity contribution in [2.45, 2.75) is 29.9 Å². The fourth-order valence-electron chi connectivity index (χ4n) is 3.66. The fraction of sp³-hybridized carbons (Fsp3) is 0.280. The van der Waals surface area contributed by atoms with Gasteiger partial charge >= 0.3 is 0 Å². The van der Waals surface area contributed by atoms with Crippen LogP contribution in [-0.4, -0.2) is 43.2 Å². The Balaban J connectivity index is 1.63. The fourth-order valence-corrected chi connectivity index (χ4v) is 4.18. The molecule has 0 aliphatic rings. The van der Waals surface area contributed by atoms with Gasteiger partial charge in [-0.1, -0.05) is 72.8 Å². The summed E-state index contributed by atoms with van der Waals surface area (Å²) >= 11 is 0. The number of nitrogens with zero attached hydrogens (tertiary/aromatic N) is 1.